The van der Waals surface area contributed by atoms with Gasteiger partial charge in [-0.1, -0.05) is 27.7 Å². The Labute approximate surface area is 102 Å². The number of nitrogens with zero attached hydrogens (tertiary/aromatic N) is 1. The molecule has 0 bridgehead atoms. The summed E-state index contributed by atoms with van der Waals surface area (Å²) in [5.74, 6) is 1.76. The van der Waals surface area contributed by atoms with Crippen molar-refractivity contribution in [3.8, 4) is 0 Å². The summed E-state index contributed by atoms with van der Waals surface area (Å²) >= 11 is 0. The van der Waals surface area contributed by atoms with Gasteiger partial charge in [-0.2, -0.15) is 0 Å². The van der Waals surface area contributed by atoms with E-state index in [0.29, 0.717) is 12.1 Å². The zero-order valence-corrected chi connectivity index (χ0v) is 11.8. The second-order valence-electron chi connectivity index (χ2n) is 5.60. The molecule has 1 aliphatic heterocycles. The van der Waals surface area contributed by atoms with Crippen LogP contribution in [0.4, 0.5) is 0 Å². The molecule has 1 N–H and O–H groups in total. The summed E-state index contributed by atoms with van der Waals surface area (Å²) in [4.78, 5) is 2.68. The molecule has 1 fully saturated rings. The summed E-state index contributed by atoms with van der Waals surface area (Å²) in [7, 11) is 0. The van der Waals surface area contributed by atoms with E-state index in [4.69, 9.17) is 0 Å². The molecule has 3 atom stereocenters. The summed E-state index contributed by atoms with van der Waals surface area (Å²) in [6.45, 7) is 15.3. The molecule has 0 spiro atoms. The van der Waals surface area contributed by atoms with Gasteiger partial charge in [0.25, 0.3) is 0 Å². The first-order chi connectivity index (χ1) is 7.60. The van der Waals surface area contributed by atoms with Crippen LogP contribution in [-0.2, 0) is 0 Å². The van der Waals surface area contributed by atoms with Crippen molar-refractivity contribution in [2.75, 3.05) is 19.6 Å². The Hall–Kier alpha value is -0.0800. The maximum Gasteiger partial charge on any atom is 0.0221 e. The van der Waals surface area contributed by atoms with Gasteiger partial charge in [-0.25, -0.2) is 0 Å². The fraction of sp³-hybridized carbons (Fsp3) is 1.00. The Morgan fingerprint density at radius 1 is 1.25 bits per heavy atom. The summed E-state index contributed by atoms with van der Waals surface area (Å²) in [5.41, 5.74) is 0. The molecule has 0 aromatic carbocycles. The summed E-state index contributed by atoms with van der Waals surface area (Å²) in [6, 6.07) is 1.35. The highest BCUT2D eigenvalue weighted by molar-refractivity contribution is 4.86. The molecule has 2 heteroatoms. The molecule has 2 nitrogen and oxygen atoms in total. The van der Waals surface area contributed by atoms with Crippen LogP contribution >= 0.6 is 0 Å². The third-order valence-electron chi connectivity index (χ3n) is 4.26. The molecular formula is C14H30N2. The average molecular weight is 226 g/mol. The molecule has 0 aromatic heterocycles. The van der Waals surface area contributed by atoms with Gasteiger partial charge in [0, 0.05) is 18.6 Å². The zero-order valence-electron chi connectivity index (χ0n) is 11.8. The Balaban J connectivity index is 2.45. The number of likely N-dealkylation sites (tertiary alicyclic amines) is 1. The van der Waals surface area contributed by atoms with Gasteiger partial charge in [0.1, 0.15) is 0 Å². The van der Waals surface area contributed by atoms with Crippen molar-refractivity contribution in [3.63, 3.8) is 0 Å². The molecule has 3 unspecified atom stereocenters. The number of hydrogen-bond acceptors (Lipinski definition) is 2. The first-order valence-electron chi connectivity index (χ1n) is 7.07. The fourth-order valence-corrected chi connectivity index (χ4v) is 2.90. The second-order valence-corrected chi connectivity index (χ2v) is 5.60. The van der Waals surface area contributed by atoms with E-state index in [-0.39, 0.29) is 0 Å². The van der Waals surface area contributed by atoms with Crippen LogP contribution in [0.1, 0.15) is 47.5 Å². The Bertz CT molecular complexity index is 191. The van der Waals surface area contributed by atoms with Gasteiger partial charge in [-0.05, 0) is 44.7 Å². The lowest BCUT2D eigenvalue weighted by Gasteiger charge is -2.32. The molecule has 1 saturated heterocycles. The van der Waals surface area contributed by atoms with E-state index >= 15 is 0 Å². The molecule has 0 saturated carbocycles. The molecule has 1 heterocycles. The molecule has 0 aromatic rings. The lowest BCUT2D eigenvalue weighted by molar-refractivity contribution is 0.191. The van der Waals surface area contributed by atoms with Gasteiger partial charge in [0.2, 0.25) is 0 Å². The normalized spacial score (nSPS) is 26.2. The van der Waals surface area contributed by atoms with E-state index in [1.165, 1.54) is 25.9 Å². The fourth-order valence-electron chi connectivity index (χ4n) is 2.90. The smallest absolute Gasteiger partial charge is 0.0221 e. The van der Waals surface area contributed by atoms with Crippen LogP contribution in [0.5, 0.6) is 0 Å². The van der Waals surface area contributed by atoms with Crippen molar-refractivity contribution in [2.24, 2.45) is 11.8 Å². The van der Waals surface area contributed by atoms with E-state index in [1.54, 1.807) is 0 Å². The predicted molar refractivity (Wildman–Crippen MR) is 71.7 cm³/mol. The van der Waals surface area contributed by atoms with E-state index in [1.807, 2.05) is 0 Å². The third kappa shape index (κ3) is 3.46. The van der Waals surface area contributed by atoms with Crippen LogP contribution in [0.3, 0.4) is 0 Å². The second kappa shape index (κ2) is 6.61. The highest BCUT2D eigenvalue weighted by Crippen LogP contribution is 2.26. The number of hydrogen-bond donors (Lipinski definition) is 1. The van der Waals surface area contributed by atoms with Crippen molar-refractivity contribution in [1.29, 1.82) is 0 Å². The van der Waals surface area contributed by atoms with Gasteiger partial charge in [0.05, 0.1) is 0 Å². The molecule has 1 rings (SSSR count). The summed E-state index contributed by atoms with van der Waals surface area (Å²) < 4.78 is 0. The predicted octanol–water partition coefficient (Wildman–Crippen LogP) is 2.74. The van der Waals surface area contributed by atoms with Crippen molar-refractivity contribution < 1.29 is 0 Å². The molecule has 0 radical (unpaired) electrons. The van der Waals surface area contributed by atoms with Gasteiger partial charge in [-0.15, -0.1) is 0 Å². The van der Waals surface area contributed by atoms with Gasteiger partial charge >= 0.3 is 0 Å². The van der Waals surface area contributed by atoms with Crippen LogP contribution in [0.15, 0.2) is 0 Å². The number of likely N-dealkylation sites (N-methyl/N-ethyl adjacent to an activating group) is 1. The van der Waals surface area contributed by atoms with Crippen LogP contribution in [0.25, 0.3) is 0 Å². The highest BCUT2D eigenvalue weighted by atomic mass is 15.2. The van der Waals surface area contributed by atoms with E-state index in [9.17, 15) is 0 Å². The Kier molecular flexibility index (Phi) is 5.77. The minimum absolute atomic E-state index is 0.663. The maximum absolute atomic E-state index is 3.61. The SMILES string of the molecule is CCNC(CC)C(C)N1CCC(C(C)C)C1. The molecule has 96 valence electrons. The summed E-state index contributed by atoms with van der Waals surface area (Å²) in [5, 5.41) is 3.61. The molecule has 16 heavy (non-hydrogen) atoms. The van der Waals surface area contributed by atoms with E-state index < -0.39 is 0 Å². The van der Waals surface area contributed by atoms with Crippen molar-refractivity contribution in [2.45, 2.75) is 59.5 Å². The lowest BCUT2D eigenvalue weighted by Crippen LogP contribution is -2.47. The largest absolute Gasteiger partial charge is 0.313 e. The topological polar surface area (TPSA) is 15.3 Å². The van der Waals surface area contributed by atoms with Crippen molar-refractivity contribution in [1.82, 2.24) is 10.2 Å². The van der Waals surface area contributed by atoms with Crippen LogP contribution in [0.2, 0.25) is 0 Å². The lowest BCUT2D eigenvalue weighted by atomic mass is 9.95. The van der Waals surface area contributed by atoms with Crippen molar-refractivity contribution >= 4 is 0 Å². The van der Waals surface area contributed by atoms with Crippen LogP contribution in [-0.4, -0.2) is 36.6 Å². The molecule has 0 amide bonds. The standard InChI is InChI=1S/C14H30N2/c1-6-14(15-7-2)12(5)16-9-8-13(10-16)11(3)4/h11-15H,6-10H2,1-5H3. The van der Waals surface area contributed by atoms with Crippen molar-refractivity contribution in [3.05, 3.63) is 0 Å². The zero-order chi connectivity index (χ0) is 12.1. The first kappa shape index (κ1) is 14.0. The Morgan fingerprint density at radius 2 is 1.94 bits per heavy atom. The van der Waals surface area contributed by atoms with Crippen LogP contribution < -0.4 is 5.32 Å². The van der Waals surface area contributed by atoms with Gasteiger partial charge in [-0.3, -0.25) is 4.90 Å². The number of nitrogens with one attached hydrogen (secondary N) is 1. The monoisotopic (exact) mass is 226 g/mol. The van der Waals surface area contributed by atoms with Gasteiger partial charge in [0.15, 0.2) is 0 Å². The highest BCUT2D eigenvalue weighted by Gasteiger charge is 2.30. The maximum atomic E-state index is 3.61. The average Bonchev–Trinajstić information content (AvgIpc) is 2.74. The third-order valence-corrected chi connectivity index (χ3v) is 4.26. The van der Waals surface area contributed by atoms with Crippen LogP contribution in [0, 0.1) is 11.8 Å². The minimum Gasteiger partial charge on any atom is -0.313 e. The summed E-state index contributed by atoms with van der Waals surface area (Å²) in [6.07, 6.45) is 2.63. The number of rotatable bonds is 6. The quantitative estimate of drug-likeness (QED) is 0.749. The van der Waals surface area contributed by atoms with E-state index in [0.717, 1.165) is 18.4 Å². The minimum atomic E-state index is 0.663. The van der Waals surface area contributed by atoms with Gasteiger partial charge < -0.3 is 5.32 Å². The molecular weight excluding hydrogens is 196 g/mol. The molecule has 1 aliphatic rings. The first-order valence-corrected chi connectivity index (χ1v) is 7.07. The Morgan fingerprint density at radius 3 is 2.38 bits per heavy atom. The van der Waals surface area contributed by atoms with E-state index in [2.05, 4.69) is 44.8 Å². The molecule has 0 aliphatic carbocycles.